The molecule has 0 amide bonds. The van der Waals surface area contributed by atoms with E-state index in [2.05, 4.69) is 53.5 Å². The Hall–Kier alpha value is -0.0400. The largest absolute Gasteiger partial charge is 0.299 e. The molecule has 1 aliphatic rings. The SMILES string of the molecule is CN1C(C(C)(C)C)CCCC1C(C)(C)C. The summed E-state index contributed by atoms with van der Waals surface area (Å²) in [7, 11) is 2.32. The molecule has 0 bridgehead atoms. The van der Waals surface area contributed by atoms with Gasteiger partial charge in [0, 0.05) is 12.1 Å². The minimum absolute atomic E-state index is 0.415. The number of hydrogen-bond acceptors (Lipinski definition) is 1. The third-order valence-corrected chi connectivity index (χ3v) is 3.94. The fourth-order valence-electron chi connectivity index (χ4n) is 3.22. The molecule has 1 nitrogen and oxygen atoms in total. The summed E-state index contributed by atoms with van der Waals surface area (Å²) in [6.45, 7) is 14.2. The van der Waals surface area contributed by atoms with Gasteiger partial charge in [-0.1, -0.05) is 48.0 Å². The van der Waals surface area contributed by atoms with Gasteiger partial charge in [0.05, 0.1) is 0 Å². The summed E-state index contributed by atoms with van der Waals surface area (Å²) < 4.78 is 0. The number of rotatable bonds is 0. The molecular weight excluding hydrogens is 182 g/mol. The molecule has 0 aliphatic carbocycles. The van der Waals surface area contributed by atoms with Gasteiger partial charge in [0.2, 0.25) is 0 Å². The lowest BCUT2D eigenvalue weighted by Crippen LogP contribution is -2.54. The molecule has 0 N–H and O–H groups in total. The monoisotopic (exact) mass is 211 g/mol. The number of likely N-dealkylation sites (tertiary alicyclic amines) is 1. The van der Waals surface area contributed by atoms with Crippen LogP contribution < -0.4 is 0 Å². The maximum atomic E-state index is 2.64. The average Bonchev–Trinajstić information content (AvgIpc) is 1.99. The van der Waals surface area contributed by atoms with Crippen molar-refractivity contribution in [1.82, 2.24) is 4.90 Å². The van der Waals surface area contributed by atoms with Gasteiger partial charge in [-0.15, -0.1) is 0 Å². The van der Waals surface area contributed by atoms with Crippen LogP contribution in [0.15, 0.2) is 0 Å². The van der Waals surface area contributed by atoms with Gasteiger partial charge in [-0.25, -0.2) is 0 Å². The van der Waals surface area contributed by atoms with Crippen LogP contribution in [-0.2, 0) is 0 Å². The zero-order valence-electron chi connectivity index (χ0n) is 11.7. The van der Waals surface area contributed by atoms with Crippen molar-refractivity contribution >= 4 is 0 Å². The first-order valence-electron chi connectivity index (χ1n) is 6.36. The molecule has 0 saturated carbocycles. The van der Waals surface area contributed by atoms with Crippen LogP contribution in [0.1, 0.15) is 60.8 Å². The Balaban J connectivity index is 2.81. The van der Waals surface area contributed by atoms with E-state index in [0.717, 1.165) is 12.1 Å². The number of hydrogen-bond donors (Lipinski definition) is 0. The second-order valence-electron chi connectivity index (χ2n) is 7.36. The van der Waals surface area contributed by atoms with Crippen LogP contribution in [0.25, 0.3) is 0 Å². The Morgan fingerprint density at radius 2 is 1.13 bits per heavy atom. The van der Waals surface area contributed by atoms with E-state index in [-0.39, 0.29) is 0 Å². The third-order valence-electron chi connectivity index (χ3n) is 3.94. The summed E-state index contributed by atoms with van der Waals surface area (Å²) >= 11 is 0. The standard InChI is InChI=1S/C14H29N/c1-13(2,3)11-9-8-10-12(15(11)7)14(4,5)6/h11-12H,8-10H2,1-7H3. The van der Waals surface area contributed by atoms with Crippen LogP contribution in [0, 0.1) is 10.8 Å². The van der Waals surface area contributed by atoms with Crippen LogP contribution >= 0.6 is 0 Å². The van der Waals surface area contributed by atoms with Gasteiger partial charge in [0.25, 0.3) is 0 Å². The van der Waals surface area contributed by atoms with Gasteiger partial charge in [0.1, 0.15) is 0 Å². The minimum atomic E-state index is 0.415. The molecule has 1 aliphatic heterocycles. The van der Waals surface area contributed by atoms with Crippen LogP contribution in [0.5, 0.6) is 0 Å². The Morgan fingerprint density at radius 3 is 1.40 bits per heavy atom. The number of piperidine rings is 1. The average molecular weight is 211 g/mol. The van der Waals surface area contributed by atoms with Crippen LogP contribution in [-0.4, -0.2) is 24.0 Å². The fraction of sp³-hybridized carbons (Fsp3) is 1.00. The lowest BCUT2D eigenvalue weighted by Gasteiger charge is -2.50. The van der Waals surface area contributed by atoms with Gasteiger partial charge in [0.15, 0.2) is 0 Å². The predicted molar refractivity (Wildman–Crippen MR) is 68.1 cm³/mol. The maximum Gasteiger partial charge on any atom is 0.0144 e. The second-order valence-corrected chi connectivity index (χ2v) is 7.36. The van der Waals surface area contributed by atoms with Crippen molar-refractivity contribution in [2.75, 3.05) is 7.05 Å². The Labute approximate surface area is 96.2 Å². The molecule has 0 aromatic heterocycles. The van der Waals surface area contributed by atoms with Crippen molar-refractivity contribution < 1.29 is 0 Å². The highest BCUT2D eigenvalue weighted by molar-refractivity contribution is 4.93. The van der Waals surface area contributed by atoms with E-state index >= 15 is 0 Å². The van der Waals surface area contributed by atoms with Crippen LogP contribution in [0.3, 0.4) is 0 Å². The smallest absolute Gasteiger partial charge is 0.0144 e. The van der Waals surface area contributed by atoms with E-state index in [1.165, 1.54) is 19.3 Å². The molecule has 1 heteroatoms. The Morgan fingerprint density at radius 1 is 0.800 bits per heavy atom. The summed E-state index contributed by atoms with van der Waals surface area (Å²) in [5, 5.41) is 0. The van der Waals surface area contributed by atoms with Crippen molar-refractivity contribution in [1.29, 1.82) is 0 Å². The van der Waals surface area contributed by atoms with Gasteiger partial charge >= 0.3 is 0 Å². The highest BCUT2D eigenvalue weighted by Gasteiger charge is 2.39. The number of nitrogens with zero attached hydrogens (tertiary/aromatic N) is 1. The first-order chi connectivity index (χ1) is 6.64. The summed E-state index contributed by atoms with van der Waals surface area (Å²) in [6.07, 6.45) is 4.13. The molecule has 15 heavy (non-hydrogen) atoms. The van der Waals surface area contributed by atoms with Crippen LogP contribution in [0.2, 0.25) is 0 Å². The molecular formula is C14H29N. The van der Waals surface area contributed by atoms with E-state index in [4.69, 9.17) is 0 Å². The first-order valence-corrected chi connectivity index (χ1v) is 6.36. The van der Waals surface area contributed by atoms with Crippen molar-refractivity contribution in [3.05, 3.63) is 0 Å². The molecule has 0 aromatic carbocycles. The van der Waals surface area contributed by atoms with Gasteiger partial charge in [-0.05, 0) is 30.7 Å². The van der Waals surface area contributed by atoms with Gasteiger partial charge in [-0.3, -0.25) is 4.90 Å². The van der Waals surface area contributed by atoms with E-state index < -0.39 is 0 Å². The molecule has 1 rings (SSSR count). The molecule has 0 aromatic rings. The topological polar surface area (TPSA) is 3.24 Å². The Kier molecular flexibility index (Phi) is 3.55. The Bertz CT molecular complexity index is 184. The highest BCUT2D eigenvalue weighted by Crippen LogP contribution is 2.39. The quantitative estimate of drug-likeness (QED) is 0.587. The van der Waals surface area contributed by atoms with Gasteiger partial charge < -0.3 is 0 Å². The molecule has 2 atom stereocenters. The zero-order valence-corrected chi connectivity index (χ0v) is 11.7. The predicted octanol–water partition coefficient (Wildman–Crippen LogP) is 3.93. The van der Waals surface area contributed by atoms with E-state index in [0.29, 0.717) is 10.8 Å². The molecule has 90 valence electrons. The zero-order chi connectivity index (χ0) is 11.9. The lowest BCUT2D eigenvalue weighted by atomic mass is 9.74. The van der Waals surface area contributed by atoms with E-state index in [9.17, 15) is 0 Å². The van der Waals surface area contributed by atoms with Crippen LogP contribution in [0.4, 0.5) is 0 Å². The lowest BCUT2D eigenvalue weighted by molar-refractivity contribution is -0.00467. The molecule has 0 radical (unpaired) electrons. The first kappa shape index (κ1) is 13.0. The molecule has 0 spiro atoms. The van der Waals surface area contributed by atoms with Crippen molar-refractivity contribution in [2.45, 2.75) is 72.9 Å². The van der Waals surface area contributed by atoms with E-state index in [1.807, 2.05) is 0 Å². The molecule has 2 unspecified atom stereocenters. The maximum absolute atomic E-state index is 2.64. The molecule has 1 fully saturated rings. The second kappa shape index (κ2) is 4.08. The fourth-order valence-corrected chi connectivity index (χ4v) is 3.22. The minimum Gasteiger partial charge on any atom is -0.299 e. The highest BCUT2D eigenvalue weighted by atomic mass is 15.2. The summed E-state index contributed by atoms with van der Waals surface area (Å²) in [4.78, 5) is 2.64. The third kappa shape index (κ3) is 2.96. The van der Waals surface area contributed by atoms with Crippen molar-refractivity contribution in [2.24, 2.45) is 10.8 Å². The van der Waals surface area contributed by atoms with E-state index in [1.54, 1.807) is 0 Å². The van der Waals surface area contributed by atoms with Gasteiger partial charge in [-0.2, -0.15) is 0 Å². The molecule has 1 saturated heterocycles. The summed E-state index contributed by atoms with van der Waals surface area (Å²) in [5.41, 5.74) is 0.831. The summed E-state index contributed by atoms with van der Waals surface area (Å²) in [6, 6.07) is 1.49. The van der Waals surface area contributed by atoms with Crippen molar-refractivity contribution in [3.63, 3.8) is 0 Å². The molecule has 1 heterocycles. The summed E-state index contributed by atoms with van der Waals surface area (Å²) in [5.74, 6) is 0. The normalized spacial score (nSPS) is 30.6. The van der Waals surface area contributed by atoms with Crippen molar-refractivity contribution in [3.8, 4) is 0 Å².